The number of benzene rings is 1. The van der Waals surface area contributed by atoms with Crippen LogP contribution in [0.5, 0.6) is 0 Å². The van der Waals surface area contributed by atoms with E-state index in [2.05, 4.69) is 22.4 Å². The highest BCUT2D eigenvalue weighted by atomic mass is 35.5. The molecule has 0 saturated heterocycles. The lowest BCUT2D eigenvalue weighted by atomic mass is 9.89. The van der Waals surface area contributed by atoms with Crippen LogP contribution >= 0.6 is 34.5 Å². The van der Waals surface area contributed by atoms with Gasteiger partial charge in [-0.25, -0.2) is 10.4 Å². The summed E-state index contributed by atoms with van der Waals surface area (Å²) in [7, 11) is 0. The standard InChI is InChI=1S/C21H20Cl2N4O2S/c1-11-3-6-15-17(7-11)30-20-18(15)21(29)27(10-24-20)12(2)19(28)26-25-9-13-4-5-14(22)8-16(13)23/h4-5,8-12H,3,6-7H2,1-2H3,(H,26,28). The minimum absolute atomic E-state index is 0.181. The Balaban J connectivity index is 1.56. The predicted molar refractivity (Wildman–Crippen MR) is 122 cm³/mol. The van der Waals surface area contributed by atoms with E-state index < -0.39 is 11.9 Å². The number of carbonyl (C=O) groups excluding carboxylic acids is 1. The molecule has 30 heavy (non-hydrogen) atoms. The third-order valence-corrected chi connectivity index (χ3v) is 7.10. The van der Waals surface area contributed by atoms with Crippen molar-refractivity contribution in [2.45, 2.75) is 39.2 Å². The monoisotopic (exact) mass is 462 g/mol. The molecule has 0 saturated carbocycles. The number of nitrogens with zero attached hydrogens (tertiary/aromatic N) is 3. The predicted octanol–water partition coefficient (Wildman–Crippen LogP) is 4.60. The van der Waals surface area contributed by atoms with Gasteiger partial charge in [-0.15, -0.1) is 11.3 Å². The van der Waals surface area contributed by atoms with Gasteiger partial charge in [-0.2, -0.15) is 5.10 Å². The first kappa shape index (κ1) is 21.0. The number of thiophene rings is 1. The number of aromatic nitrogens is 2. The summed E-state index contributed by atoms with van der Waals surface area (Å²) in [6.45, 7) is 3.87. The van der Waals surface area contributed by atoms with E-state index in [4.69, 9.17) is 23.2 Å². The van der Waals surface area contributed by atoms with Crippen LogP contribution in [0.1, 0.15) is 42.3 Å². The van der Waals surface area contributed by atoms with Gasteiger partial charge in [0.25, 0.3) is 11.5 Å². The molecule has 2 heterocycles. The van der Waals surface area contributed by atoms with Crippen molar-refractivity contribution in [2.75, 3.05) is 0 Å². The van der Waals surface area contributed by atoms with Crippen LogP contribution in [0.15, 0.2) is 34.4 Å². The van der Waals surface area contributed by atoms with E-state index in [0.717, 1.165) is 29.7 Å². The lowest BCUT2D eigenvalue weighted by Crippen LogP contribution is -2.34. The third-order valence-electron chi connectivity index (χ3n) is 5.38. The SMILES string of the molecule is CC1CCc2c(sc3ncn(C(C)C(=O)NN=Cc4ccc(Cl)cc4Cl)c(=O)c23)C1. The number of hydrogen-bond acceptors (Lipinski definition) is 5. The molecule has 4 rings (SSSR count). The molecule has 1 amide bonds. The van der Waals surface area contributed by atoms with Crippen molar-refractivity contribution in [3.63, 3.8) is 0 Å². The van der Waals surface area contributed by atoms with Crippen molar-refractivity contribution in [3.05, 3.63) is 60.9 Å². The molecule has 3 aromatic rings. The van der Waals surface area contributed by atoms with Gasteiger partial charge in [-0.3, -0.25) is 14.2 Å². The number of aryl methyl sites for hydroxylation is 1. The van der Waals surface area contributed by atoms with Gasteiger partial charge in [-0.05, 0) is 49.8 Å². The van der Waals surface area contributed by atoms with Gasteiger partial charge in [-0.1, -0.05) is 36.2 Å². The van der Waals surface area contributed by atoms with Crippen molar-refractivity contribution in [1.82, 2.24) is 15.0 Å². The summed E-state index contributed by atoms with van der Waals surface area (Å²) in [5, 5.41) is 5.55. The largest absolute Gasteiger partial charge is 0.286 e. The summed E-state index contributed by atoms with van der Waals surface area (Å²) in [5.41, 5.74) is 4.00. The van der Waals surface area contributed by atoms with Crippen LogP contribution in [0.2, 0.25) is 10.0 Å². The molecule has 2 aromatic heterocycles. The summed E-state index contributed by atoms with van der Waals surface area (Å²) < 4.78 is 1.37. The summed E-state index contributed by atoms with van der Waals surface area (Å²) in [5.74, 6) is 0.196. The molecule has 0 radical (unpaired) electrons. The molecular formula is C21H20Cl2N4O2S. The highest BCUT2D eigenvalue weighted by Crippen LogP contribution is 2.35. The Bertz CT molecular complexity index is 1220. The molecule has 0 spiro atoms. The molecule has 0 fully saturated rings. The Morgan fingerprint density at radius 2 is 2.23 bits per heavy atom. The van der Waals surface area contributed by atoms with Crippen LogP contribution in [0.3, 0.4) is 0 Å². The minimum atomic E-state index is -0.759. The molecule has 1 aliphatic carbocycles. The Morgan fingerprint density at radius 1 is 1.43 bits per heavy atom. The number of fused-ring (bicyclic) bond motifs is 3. The van der Waals surface area contributed by atoms with Crippen LogP contribution in [-0.4, -0.2) is 21.7 Å². The first-order valence-electron chi connectivity index (χ1n) is 9.64. The molecule has 156 valence electrons. The van der Waals surface area contributed by atoms with Crippen LogP contribution < -0.4 is 11.0 Å². The van der Waals surface area contributed by atoms with Crippen molar-refractivity contribution >= 4 is 56.9 Å². The molecule has 9 heteroatoms. The number of carbonyl (C=O) groups is 1. The van der Waals surface area contributed by atoms with E-state index in [-0.39, 0.29) is 5.56 Å². The van der Waals surface area contributed by atoms with Crippen molar-refractivity contribution < 1.29 is 4.79 Å². The molecule has 1 N–H and O–H groups in total. The normalized spacial score (nSPS) is 17.3. The number of hydrogen-bond donors (Lipinski definition) is 1. The summed E-state index contributed by atoms with van der Waals surface area (Å²) in [4.78, 5) is 32.2. The molecule has 1 aliphatic rings. The third kappa shape index (κ3) is 4.02. The fraction of sp³-hybridized carbons (Fsp3) is 0.333. The highest BCUT2D eigenvalue weighted by molar-refractivity contribution is 7.18. The van der Waals surface area contributed by atoms with Crippen molar-refractivity contribution in [3.8, 4) is 0 Å². The molecular weight excluding hydrogens is 443 g/mol. The van der Waals surface area contributed by atoms with E-state index in [0.29, 0.717) is 26.9 Å². The molecule has 0 bridgehead atoms. The Labute approximate surface area is 187 Å². The zero-order valence-electron chi connectivity index (χ0n) is 16.5. The maximum Gasteiger partial charge on any atom is 0.263 e. The van der Waals surface area contributed by atoms with Crippen molar-refractivity contribution in [2.24, 2.45) is 11.0 Å². The summed E-state index contributed by atoms with van der Waals surface area (Å²) in [6.07, 6.45) is 5.80. The Hall–Kier alpha value is -2.22. The van der Waals surface area contributed by atoms with E-state index in [1.54, 1.807) is 36.5 Å². The molecule has 2 unspecified atom stereocenters. The molecule has 6 nitrogen and oxygen atoms in total. The quantitative estimate of drug-likeness (QED) is 0.454. The van der Waals surface area contributed by atoms with Gasteiger partial charge in [0.1, 0.15) is 10.9 Å². The number of nitrogens with one attached hydrogen (secondary N) is 1. The van der Waals surface area contributed by atoms with Crippen LogP contribution in [0.4, 0.5) is 0 Å². The van der Waals surface area contributed by atoms with Gasteiger partial charge in [0.2, 0.25) is 0 Å². The van der Waals surface area contributed by atoms with E-state index in [1.807, 2.05) is 0 Å². The van der Waals surface area contributed by atoms with Gasteiger partial charge in [0.05, 0.1) is 23.0 Å². The fourth-order valence-electron chi connectivity index (χ4n) is 3.61. The first-order chi connectivity index (χ1) is 14.3. The van der Waals surface area contributed by atoms with Crippen molar-refractivity contribution in [1.29, 1.82) is 0 Å². The second kappa shape index (κ2) is 8.49. The number of amides is 1. The Kier molecular flexibility index (Phi) is 5.95. The highest BCUT2D eigenvalue weighted by Gasteiger charge is 2.25. The zero-order chi connectivity index (χ0) is 21.4. The average Bonchev–Trinajstić information content (AvgIpc) is 3.07. The number of hydrazone groups is 1. The van der Waals surface area contributed by atoms with Crippen LogP contribution in [0.25, 0.3) is 10.2 Å². The number of halogens is 2. The molecule has 2 atom stereocenters. The zero-order valence-corrected chi connectivity index (χ0v) is 18.8. The second-order valence-electron chi connectivity index (χ2n) is 7.56. The van der Waals surface area contributed by atoms with Gasteiger partial charge in [0.15, 0.2) is 0 Å². The van der Waals surface area contributed by atoms with Gasteiger partial charge in [0, 0.05) is 15.5 Å². The number of rotatable bonds is 4. The van der Waals surface area contributed by atoms with Gasteiger partial charge >= 0.3 is 0 Å². The van der Waals surface area contributed by atoms with Crippen LogP contribution in [-0.2, 0) is 17.6 Å². The second-order valence-corrected chi connectivity index (χ2v) is 9.49. The molecule has 1 aromatic carbocycles. The Morgan fingerprint density at radius 3 is 3.00 bits per heavy atom. The average molecular weight is 463 g/mol. The maximum absolute atomic E-state index is 13.1. The molecule has 0 aliphatic heterocycles. The minimum Gasteiger partial charge on any atom is -0.286 e. The lowest BCUT2D eigenvalue weighted by molar-refractivity contribution is -0.123. The fourth-order valence-corrected chi connectivity index (χ4v) is 5.41. The summed E-state index contributed by atoms with van der Waals surface area (Å²) in [6, 6.07) is 4.22. The van der Waals surface area contributed by atoms with Crippen LogP contribution in [0, 0.1) is 5.92 Å². The smallest absolute Gasteiger partial charge is 0.263 e. The maximum atomic E-state index is 13.1. The van der Waals surface area contributed by atoms with Gasteiger partial charge < -0.3 is 0 Å². The lowest BCUT2D eigenvalue weighted by Gasteiger charge is -2.18. The van der Waals surface area contributed by atoms with E-state index >= 15 is 0 Å². The topological polar surface area (TPSA) is 76.3 Å². The summed E-state index contributed by atoms with van der Waals surface area (Å²) >= 11 is 13.6. The van der Waals surface area contributed by atoms with E-state index in [9.17, 15) is 9.59 Å². The first-order valence-corrected chi connectivity index (χ1v) is 11.2. The van der Waals surface area contributed by atoms with E-state index in [1.165, 1.54) is 22.0 Å².